The van der Waals surface area contributed by atoms with Crippen LogP contribution >= 0.6 is 0 Å². The number of rotatable bonds is 3. The fourth-order valence-electron chi connectivity index (χ4n) is 2.44. The third-order valence-corrected chi connectivity index (χ3v) is 3.43. The molecular formula is C13H22N4O. The highest BCUT2D eigenvalue weighted by Gasteiger charge is 2.22. The second-order valence-corrected chi connectivity index (χ2v) is 4.78. The number of aromatic nitrogens is 2. The summed E-state index contributed by atoms with van der Waals surface area (Å²) in [5.41, 5.74) is 6.81. The number of nitrogens with zero attached hydrogens (tertiary/aromatic N) is 3. The molecule has 1 atom stereocenters. The Kier molecular flexibility index (Phi) is 4.36. The molecule has 1 aliphatic heterocycles. The summed E-state index contributed by atoms with van der Waals surface area (Å²) in [7, 11) is 1.63. The predicted molar refractivity (Wildman–Crippen MR) is 72.0 cm³/mol. The quantitative estimate of drug-likeness (QED) is 0.880. The summed E-state index contributed by atoms with van der Waals surface area (Å²) in [6, 6.07) is 2.19. The standard InChI is InChI=1S/C13H22N4O/c1-10-8-12(18-2)16-13(15-10)17-7-5-3-4-6-11(17)9-14/h8,11H,3-7,9,14H2,1-2H3. The first-order valence-electron chi connectivity index (χ1n) is 6.61. The van der Waals surface area contributed by atoms with Gasteiger partial charge in [-0.1, -0.05) is 12.8 Å². The second kappa shape index (κ2) is 6.00. The molecule has 18 heavy (non-hydrogen) atoms. The molecule has 0 spiro atoms. The highest BCUT2D eigenvalue weighted by molar-refractivity contribution is 5.36. The maximum absolute atomic E-state index is 5.88. The maximum Gasteiger partial charge on any atom is 0.229 e. The maximum atomic E-state index is 5.88. The minimum absolute atomic E-state index is 0.346. The zero-order valence-corrected chi connectivity index (χ0v) is 11.2. The first kappa shape index (κ1) is 13.1. The van der Waals surface area contributed by atoms with Gasteiger partial charge in [0, 0.05) is 30.9 Å². The zero-order chi connectivity index (χ0) is 13.0. The molecule has 1 fully saturated rings. The van der Waals surface area contributed by atoms with Crippen molar-refractivity contribution < 1.29 is 4.74 Å². The zero-order valence-electron chi connectivity index (χ0n) is 11.2. The summed E-state index contributed by atoms with van der Waals surface area (Å²) in [5.74, 6) is 1.38. The van der Waals surface area contributed by atoms with Gasteiger partial charge < -0.3 is 15.4 Å². The normalized spacial score (nSPS) is 20.6. The lowest BCUT2D eigenvalue weighted by molar-refractivity contribution is 0.395. The molecular weight excluding hydrogens is 228 g/mol. The molecule has 2 rings (SSSR count). The lowest BCUT2D eigenvalue weighted by atomic mass is 10.1. The predicted octanol–water partition coefficient (Wildman–Crippen LogP) is 1.50. The van der Waals surface area contributed by atoms with Crippen molar-refractivity contribution in [1.82, 2.24) is 9.97 Å². The molecule has 1 saturated heterocycles. The first-order chi connectivity index (χ1) is 8.74. The summed E-state index contributed by atoms with van der Waals surface area (Å²) in [4.78, 5) is 11.2. The number of aryl methyl sites for hydroxylation is 1. The van der Waals surface area contributed by atoms with Crippen LogP contribution < -0.4 is 15.4 Å². The summed E-state index contributed by atoms with van der Waals surface area (Å²) >= 11 is 0. The van der Waals surface area contributed by atoms with E-state index in [1.54, 1.807) is 7.11 Å². The van der Waals surface area contributed by atoms with Gasteiger partial charge in [-0.2, -0.15) is 4.98 Å². The minimum atomic E-state index is 0.346. The Morgan fingerprint density at radius 1 is 1.39 bits per heavy atom. The average molecular weight is 250 g/mol. The van der Waals surface area contributed by atoms with E-state index < -0.39 is 0 Å². The van der Waals surface area contributed by atoms with Gasteiger partial charge in [-0.15, -0.1) is 0 Å². The van der Waals surface area contributed by atoms with Gasteiger partial charge >= 0.3 is 0 Å². The van der Waals surface area contributed by atoms with E-state index in [1.165, 1.54) is 19.3 Å². The van der Waals surface area contributed by atoms with Gasteiger partial charge in [0.1, 0.15) is 0 Å². The SMILES string of the molecule is COc1cc(C)nc(N2CCCCCC2CN)n1. The van der Waals surface area contributed by atoms with E-state index in [2.05, 4.69) is 14.9 Å². The van der Waals surface area contributed by atoms with Crippen LogP contribution in [0.1, 0.15) is 31.4 Å². The summed E-state index contributed by atoms with van der Waals surface area (Å²) in [5, 5.41) is 0. The molecule has 0 radical (unpaired) electrons. The molecule has 0 saturated carbocycles. The topological polar surface area (TPSA) is 64.3 Å². The fourth-order valence-corrected chi connectivity index (χ4v) is 2.44. The highest BCUT2D eigenvalue weighted by Crippen LogP contribution is 2.22. The van der Waals surface area contributed by atoms with Crippen LogP contribution in [0.3, 0.4) is 0 Å². The number of hydrogen-bond acceptors (Lipinski definition) is 5. The molecule has 0 bridgehead atoms. The third-order valence-electron chi connectivity index (χ3n) is 3.43. The molecule has 5 nitrogen and oxygen atoms in total. The molecule has 100 valence electrons. The Morgan fingerprint density at radius 3 is 2.94 bits per heavy atom. The Bertz CT molecular complexity index is 397. The number of methoxy groups -OCH3 is 1. The van der Waals surface area contributed by atoms with E-state index in [4.69, 9.17) is 10.5 Å². The molecule has 1 aliphatic rings. The van der Waals surface area contributed by atoms with Gasteiger partial charge in [0.2, 0.25) is 11.8 Å². The fraction of sp³-hybridized carbons (Fsp3) is 0.692. The first-order valence-corrected chi connectivity index (χ1v) is 6.61. The van der Waals surface area contributed by atoms with Crippen molar-refractivity contribution in [2.75, 3.05) is 25.1 Å². The van der Waals surface area contributed by atoms with Gasteiger partial charge in [-0.05, 0) is 19.8 Å². The molecule has 0 aromatic carbocycles. The number of ether oxygens (including phenoxy) is 1. The van der Waals surface area contributed by atoms with Crippen molar-refractivity contribution in [2.24, 2.45) is 5.73 Å². The van der Waals surface area contributed by atoms with Gasteiger partial charge in [-0.3, -0.25) is 0 Å². The molecule has 1 unspecified atom stereocenters. The van der Waals surface area contributed by atoms with Crippen LogP contribution in [-0.2, 0) is 0 Å². The van der Waals surface area contributed by atoms with Crippen molar-refractivity contribution in [3.8, 4) is 5.88 Å². The van der Waals surface area contributed by atoms with Crippen LogP contribution in [0.2, 0.25) is 0 Å². The summed E-state index contributed by atoms with van der Waals surface area (Å²) in [6.45, 7) is 3.59. The van der Waals surface area contributed by atoms with Crippen molar-refractivity contribution in [2.45, 2.75) is 38.6 Å². The minimum Gasteiger partial charge on any atom is -0.481 e. The van der Waals surface area contributed by atoms with E-state index in [0.29, 0.717) is 18.5 Å². The highest BCUT2D eigenvalue weighted by atomic mass is 16.5. The average Bonchev–Trinajstić information content (AvgIpc) is 2.62. The molecule has 2 heterocycles. The van der Waals surface area contributed by atoms with Gasteiger partial charge in [0.25, 0.3) is 0 Å². The van der Waals surface area contributed by atoms with Crippen molar-refractivity contribution in [3.63, 3.8) is 0 Å². The Labute approximate surface area is 108 Å². The second-order valence-electron chi connectivity index (χ2n) is 4.78. The van der Waals surface area contributed by atoms with Gasteiger partial charge in [0.15, 0.2) is 0 Å². The van der Waals surface area contributed by atoms with E-state index in [9.17, 15) is 0 Å². The lowest BCUT2D eigenvalue weighted by Gasteiger charge is -2.29. The van der Waals surface area contributed by atoms with E-state index in [0.717, 1.165) is 24.6 Å². The van der Waals surface area contributed by atoms with Crippen LogP contribution in [-0.4, -0.2) is 36.2 Å². The molecule has 1 aromatic heterocycles. The largest absolute Gasteiger partial charge is 0.481 e. The third kappa shape index (κ3) is 2.90. The molecule has 2 N–H and O–H groups in total. The van der Waals surface area contributed by atoms with Gasteiger partial charge in [-0.25, -0.2) is 4.98 Å². The van der Waals surface area contributed by atoms with Crippen molar-refractivity contribution in [1.29, 1.82) is 0 Å². The Morgan fingerprint density at radius 2 is 2.22 bits per heavy atom. The molecule has 0 amide bonds. The Hall–Kier alpha value is -1.36. The van der Waals surface area contributed by atoms with Crippen molar-refractivity contribution >= 4 is 5.95 Å². The molecule has 0 aliphatic carbocycles. The van der Waals surface area contributed by atoms with Crippen molar-refractivity contribution in [3.05, 3.63) is 11.8 Å². The van der Waals surface area contributed by atoms with Crippen LogP contribution in [0, 0.1) is 6.92 Å². The van der Waals surface area contributed by atoms with E-state index in [1.807, 2.05) is 13.0 Å². The Balaban J connectivity index is 2.29. The van der Waals surface area contributed by atoms with Crippen LogP contribution in [0.15, 0.2) is 6.07 Å². The smallest absolute Gasteiger partial charge is 0.229 e. The van der Waals surface area contributed by atoms with Crippen LogP contribution in [0.4, 0.5) is 5.95 Å². The van der Waals surface area contributed by atoms with Gasteiger partial charge in [0.05, 0.1) is 7.11 Å². The number of anilines is 1. The number of nitrogens with two attached hydrogens (primary N) is 1. The summed E-state index contributed by atoms with van der Waals surface area (Å²) < 4.78 is 5.22. The summed E-state index contributed by atoms with van der Waals surface area (Å²) in [6.07, 6.45) is 4.80. The monoisotopic (exact) mass is 250 g/mol. The van der Waals surface area contributed by atoms with E-state index in [-0.39, 0.29) is 0 Å². The molecule has 5 heteroatoms. The van der Waals surface area contributed by atoms with Crippen LogP contribution in [0.25, 0.3) is 0 Å². The molecule has 1 aromatic rings. The van der Waals surface area contributed by atoms with Crippen LogP contribution in [0.5, 0.6) is 5.88 Å². The van der Waals surface area contributed by atoms with E-state index >= 15 is 0 Å². The lowest BCUT2D eigenvalue weighted by Crippen LogP contribution is -2.41. The number of hydrogen-bond donors (Lipinski definition) is 1.